The molecule has 2 amide bonds. The molecule has 3 aromatic rings. The van der Waals surface area contributed by atoms with Crippen LogP contribution in [0, 0.1) is 0 Å². The molecular formula is C25H28N2O5S. The van der Waals surface area contributed by atoms with Gasteiger partial charge in [0.25, 0.3) is 0 Å². The molecule has 0 bridgehead atoms. The van der Waals surface area contributed by atoms with Gasteiger partial charge in [-0.15, -0.1) is 11.3 Å². The Labute approximate surface area is 197 Å². The van der Waals surface area contributed by atoms with E-state index in [1.165, 1.54) is 0 Å². The quantitative estimate of drug-likeness (QED) is 0.445. The molecule has 3 rings (SSSR count). The molecule has 1 aromatic heterocycles. The maximum atomic E-state index is 12.6. The van der Waals surface area contributed by atoms with Gasteiger partial charge in [0.15, 0.2) is 11.5 Å². The molecule has 8 heteroatoms. The first-order valence-electron chi connectivity index (χ1n) is 10.6. The maximum Gasteiger partial charge on any atom is 0.407 e. The fourth-order valence-electron chi connectivity index (χ4n) is 3.10. The third-order valence-corrected chi connectivity index (χ3v) is 5.73. The number of thiophene rings is 1. The minimum absolute atomic E-state index is 0.138. The second-order valence-corrected chi connectivity index (χ2v) is 8.21. The van der Waals surface area contributed by atoms with E-state index in [1.807, 2.05) is 73.0 Å². The second-order valence-electron chi connectivity index (χ2n) is 7.18. The highest BCUT2D eigenvalue weighted by atomic mass is 32.1. The lowest BCUT2D eigenvalue weighted by Gasteiger charge is -2.22. The molecule has 0 aliphatic carbocycles. The van der Waals surface area contributed by atoms with Crippen LogP contribution in [0.25, 0.3) is 0 Å². The molecule has 1 N–H and O–H groups in total. The maximum absolute atomic E-state index is 12.6. The van der Waals surface area contributed by atoms with Crippen LogP contribution >= 0.6 is 11.3 Å². The van der Waals surface area contributed by atoms with Gasteiger partial charge in [-0.05, 0) is 41.6 Å². The van der Waals surface area contributed by atoms with Crippen molar-refractivity contribution in [2.75, 3.05) is 20.2 Å². The first-order valence-corrected chi connectivity index (χ1v) is 11.5. The largest absolute Gasteiger partial charge is 0.493 e. The van der Waals surface area contributed by atoms with Crippen molar-refractivity contribution >= 4 is 23.3 Å². The predicted molar refractivity (Wildman–Crippen MR) is 127 cm³/mol. The van der Waals surface area contributed by atoms with Crippen molar-refractivity contribution in [2.45, 2.75) is 26.7 Å². The zero-order valence-electron chi connectivity index (χ0n) is 18.8. The molecule has 0 saturated heterocycles. The lowest BCUT2D eigenvalue weighted by atomic mass is 10.2. The SMILES string of the molecule is CCN(Cc1ccc(OCc2cccs2)c(OC)c1)C(=O)CNC(=O)OCc1ccccc1. The number of hydrogen-bond donors (Lipinski definition) is 1. The number of hydrogen-bond acceptors (Lipinski definition) is 6. The molecular weight excluding hydrogens is 440 g/mol. The van der Waals surface area contributed by atoms with Gasteiger partial charge in [-0.1, -0.05) is 42.5 Å². The second kappa shape index (κ2) is 12.5. The van der Waals surface area contributed by atoms with Crippen molar-refractivity contribution in [3.05, 3.63) is 82.0 Å². The first-order chi connectivity index (χ1) is 16.1. The number of nitrogens with zero attached hydrogens (tertiary/aromatic N) is 1. The van der Waals surface area contributed by atoms with E-state index in [4.69, 9.17) is 14.2 Å². The Bertz CT molecular complexity index is 1020. The molecule has 7 nitrogen and oxygen atoms in total. The van der Waals surface area contributed by atoms with Crippen molar-refractivity contribution in [1.29, 1.82) is 0 Å². The number of alkyl carbamates (subject to hydrolysis) is 1. The van der Waals surface area contributed by atoms with E-state index in [0.717, 1.165) is 16.0 Å². The summed E-state index contributed by atoms with van der Waals surface area (Å²) in [5.74, 6) is 1.05. The van der Waals surface area contributed by atoms with Gasteiger partial charge in [-0.2, -0.15) is 0 Å². The number of rotatable bonds is 11. The number of amides is 2. The van der Waals surface area contributed by atoms with E-state index in [2.05, 4.69) is 5.32 Å². The van der Waals surface area contributed by atoms with Crippen LogP contribution in [0.1, 0.15) is 22.9 Å². The van der Waals surface area contributed by atoms with Crippen LogP contribution in [-0.2, 0) is 29.3 Å². The summed E-state index contributed by atoms with van der Waals surface area (Å²) >= 11 is 1.63. The number of nitrogens with one attached hydrogen (secondary N) is 1. The van der Waals surface area contributed by atoms with Crippen LogP contribution in [-0.4, -0.2) is 37.1 Å². The van der Waals surface area contributed by atoms with Gasteiger partial charge in [0, 0.05) is 18.0 Å². The molecule has 0 spiro atoms. The third kappa shape index (κ3) is 7.54. The van der Waals surface area contributed by atoms with Gasteiger partial charge in [0.2, 0.25) is 5.91 Å². The predicted octanol–water partition coefficient (Wildman–Crippen LogP) is 4.61. The Balaban J connectivity index is 1.50. The van der Waals surface area contributed by atoms with Crippen LogP contribution in [0.15, 0.2) is 66.0 Å². The highest BCUT2D eigenvalue weighted by Crippen LogP contribution is 2.29. The van der Waals surface area contributed by atoms with Crippen molar-refractivity contribution < 1.29 is 23.8 Å². The van der Waals surface area contributed by atoms with Gasteiger partial charge in [0.1, 0.15) is 19.8 Å². The first kappa shape index (κ1) is 24.1. The van der Waals surface area contributed by atoms with Crippen molar-refractivity contribution in [1.82, 2.24) is 10.2 Å². The van der Waals surface area contributed by atoms with Crippen LogP contribution in [0.4, 0.5) is 4.79 Å². The zero-order chi connectivity index (χ0) is 23.5. The van der Waals surface area contributed by atoms with Gasteiger partial charge >= 0.3 is 6.09 Å². The molecule has 2 aromatic carbocycles. The summed E-state index contributed by atoms with van der Waals surface area (Å²) in [6.45, 7) is 3.26. The van der Waals surface area contributed by atoms with Gasteiger partial charge in [0.05, 0.1) is 7.11 Å². The summed E-state index contributed by atoms with van der Waals surface area (Å²) in [5, 5.41) is 4.53. The van der Waals surface area contributed by atoms with Crippen molar-refractivity contribution in [3.63, 3.8) is 0 Å². The Hall–Kier alpha value is -3.52. The summed E-state index contributed by atoms with van der Waals surface area (Å²) in [7, 11) is 1.59. The van der Waals surface area contributed by atoms with Crippen molar-refractivity contribution in [2.24, 2.45) is 0 Å². The molecule has 0 atom stereocenters. The summed E-state index contributed by atoms with van der Waals surface area (Å²) in [6, 6.07) is 19.0. The van der Waals surface area contributed by atoms with Crippen molar-refractivity contribution in [3.8, 4) is 11.5 Å². The lowest BCUT2D eigenvalue weighted by Crippen LogP contribution is -2.39. The lowest BCUT2D eigenvalue weighted by molar-refractivity contribution is -0.130. The normalized spacial score (nSPS) is 10.4. The number of likely N-dealkylation sites (N-methyl/N-ethyl adjacent to an activating group) is 1. The van der Waals surface area contributed by atoms with E-state index < -0.39 is 6.09 Å². The van der Waals surface area contributed by atoms with Gasteiger partial charge < -0.3 is 24.4 Å². The molecule has 0 radical (unpaired) electrons. The highest BCUT2D eigenvalue weighted by molar-refractivity contribution is 7.09. The van der Waals surface area contributed by atoms with E-state index >= 15 is 0 Å². The standard InChI is InChI=1S/C25H28N2O5S/c1-3-27(24(28)15-26-25(29)32-17-19-8-5-4-6-9-19)16-20-11-12-22(23(14-20)30-2)31-18-21-10-7-13-33-21/h4-14H,3,15-18H2,1-2H3,(H,26,29). The summed E-state index contributed by atoms with van der Waals surface area (Å²) in [6.07, 6.45) is -0.628. The summed E-state index contributed by atoms with van der Waals surface area (Å²) < 4.78 is 16.5. The minimum Gasteiger partial charge on any atom is -0.493 e. The number of methoxy groups -OCH3 is 1. The number of benzene rings is 2. The summed E-state index contributed by atoms with van der Waals surface area (Å²) in [5.41, 5.74) is 1.78. The Morgan fingerprint density at radius 3 is 2.48 bits per heavy atom. The Morgan fingerprint density at radius 2 is 1.79 bits per heavy atom. The van der Waals surface area contributed by atoms with Crippen LogP contribution < -0.4 is 14.8 Å². The fourth-order valence-corrected chi connectivity index (χ4v) is 3.72. The Morgan fingerprint density at radius 1 is 0.970 bits per heavy atom. The van der Waals surface area contributed by atoms with E-state index in [9.17, 15) is 9.59 Å². The smallest absolute Gasteiger partial charge is 0.407 e. The molecule has 0 aliphatic rings. The highest BCUT2D eigenvalue weighted by Gasteiger charge is 2.15. The molecule has 0 fully saturated rings. The molecule has 174 valence electrons. The number of carbonyl (C=O) groups is 2. The third-order valence-electron chi connectivity index (χ3n) is 4.88. The zero-order valence-corrected chi connectivity index (χ0v) is 19.6. The molecule has 0 unspecified atom stereocenters. The molecule has 0 aliphatic heterocycles. The number of carbonyl (C=O) groups excluding carboxylic acids is 2. The van der Waals surface area contributed by atoms with E-state index in [1.54, 1.807) is 23.3 Å². The number of ether oxygens (including phenoxy) is 3. The van der Waals surface area contributed by atoms with E-state index in [-0.39, 0.29) is 19.1 Å². The van der Waals surface area contributed by atoms with Crippen LogP contribution in [0.5, 0.6) is 11.5 Å². The van der Waals surface area contributed by atoms with Crippen LogP contribution in [0.2, 0.25) is 0 Å². The molecule has 0 saturated carbocycles. The van der Waals surface area contributed by atoms with Crippen LogP contribution in [0.3, 0.4) is 0 Å². The summed E-state index contributed by atoms with van der Waals surface area (Å²) in [4.78, 5) is 27.3. The van der Waals surface area contributed by atoms with E-state index in [0.29, 0.717) is 31.2 Å². The molecule has 33 heavy (non-hydrogen) atoms. The topological polar surface area (TPSA) is 77.1 Å². The van der Waals surface area contributed by atoms with Gasteiger partial charge in [-0.3, -0.25) is 4.79 Å². The molecule has 1 heterocycles. The monoisotopic (exact) mass is 468 g/mol. The Kier molecular flexibility index (Phi) is 9.14. The average molecular weight is 469 g/mol. The average Bonchev–Trinajstić information content (AvgIpc) is 3.38. The minimum atomic E-state index is -0.628. The fraction of sp³-hybridized carbons (Fsp3) is 0.280. The van der Waals surface area contributed by atoms with Gasteiger partial charge in [-0.25, -0.2) is 4.79 Å².